The molecule has 1 N–H and O–H groups in total. The van der Waals surface area contributed by atoms with Gasteiger partial charge in [-0.25, -0.2) is 0 Å². The monoisotopic (exact) mass is 407 g/mol. The van der Waals surface area contributed by atoms with E-state index in [-0.39, 0.29) is 6.04 Å². The van der Waals surface area contributed by atoms with E-state index >= 15 is 0 Å². The van der Waals surface area contributed by atoms with E-state index < -0.39 is 0 Å². The van der Waals surface area contributed by atoms with E-state index in [1.807, 2.05) is 24.3 Å². The second-order valence-electron chi connectivity index (χ2n) is 6.55. The molecule has 0 aromatic heterocycles. The minimum absolute atomic E-state index is 0.198. The third-order valence-electron chi connectivity index (χ3n) is 4.74. The summed E-state index contributed by atoms with van der Waals surface area (Å²) in [6.07, 6.45) is 0. The lowest BCUT2D eigenvalue weighted by atomic mass is 10.1. The fourth-order valence-electron chi connectivity index (χ4n) is 3.12. The van der Waals surface area contributed by atoms with Crippen LogP contribution in [-0.2, 0) is 6.54 Å². The van der Waals surface area contributed by atoms with Gasteiger partial charge in [-0.15, -0.1) is 0 Å². The van der Waals surface area contributed by atoms with Crippen LogP contribution in [0, 0.1) is 0 Å². The highest BCUT2D eigenvalue weighted by Gasteiger charge is 2.21. The molecule has 0 aliphatic carbocycles. The fourth-order valence-corrected chi connectivity index (χ4v) is 3.99. The molecule has 138 valence electrons. The van der Waals surface area contributed by atoms with Crippen molar-refractivity contribution in [3.8, 4) is 0 Å². The molecule has 1 fully saturated rings. The second-order valence-corrected chi connectivity index (χ2v) is 7.75. The lowest BCUT2D eigenvalue weighted by Gasteiger charge is -2.37. The van der Waals surface area contributed by atoms with E-state index in [0.29, 0.717) is 0 Å². The lowest BCUT2D eigenvalue weighted by molar-refractivity contribution is 0.174. The molecule has 26 heavy (non-hydrogen) atoms. The summed E-state index contributed by atoms with van der Waals surface area (Å²) in [6.45, 7) is 6.57. The fraction of sp³-hybridized carbons (Fsp3) is 0.350. The Morgan fingerprint density at radius 1 is 1.00 bits per heavy atom. The normalized spacial score (nSPS) is 16.3. The number of nitrogens with zero attached hydrogens (tertiary/aromatic N) is 2. The van der Waals surface area contributed by atoms with Crippen LogP contribution in [-0.4, -0.2) is 41.1 Å². The van der Waals surface area contributed by atoms with Crippen molar-refractivity contribution in [2.24, 2.45) is 0 Å². The SMILES string of the molecule is CC(NC(=S)N1CCN(Cc2c(Cl)cccc2Cl)CC1)c1ccccc1. The van der Waals surface area contributed by atoms with Gasteiger partial charge in [0.05, 0.1) is 6.04 Å². The molecular weight excluding hydrogens is 385 g/mol. The summed E-state index contributed by atoms with van der Waals surface area (Å²) in [5, 5.41) is 5.72. The Balaban J connectivity index is 1.51. The van der Waals surface area contributed by atoms with Gasteiger partial charge in [-0.05, 0) is 36.8 Å². The van der Waals surface area contributed by atoms with E-state index in [1.165, 1.54) is 5.56 Å². The number of benzene rings is 2. The van der Waals surface area contributed by atoms with Gasteiger partial charge in [0.15, 0.2) is 5.11 Å². The molecule has 1 aliphatic heterocycles. The Morgan fingerprint density at radius 2 is 1.62 bits per heavy atom. The number of piperazine rings is 1. The van der Waals surface area contributed by atoms with Crippen molar-refractivity contribution in [1.29, 1.82) is 0 Å². The molecule has 3 nitrogen and oxygen atoms in total. The first kappa shape index (κ1) is 19.4. The van der Waals surface area contributed by atoms with Gasteiger partial charge in [-0.3, -0.25) is 4.90 Å². The second kappa shape index (κ2) is 9.05. The molecule has 0 saturated carbocycles. The number of nitrogens with one attached hydrogen (secondary N) is 1. The molecule has 0 radical (unpaired) electrons. The minimum atomic E-state index is 0.198. The van der Waals surface area contributed by atoms with Gasteiger partial charge in [0.25, 0.3) is 0 Å². The number of rotatable bonds is 4. The van der Waals surface area contributed by atoms with Crippen molar-refractivity contribution in [2.45, 2.75) is 19.5 Å². The molecule has 0 amide bonds. The Kier molecular flexibility index (Phi) is 6.76. The smallest absolute Gasteiger partial charge is 0.169 e. The van der Waals surface area contributed by atoms with Crippen LogP contribution in [0.5, 0.6) is 0 Å². The van der Waals surface area contributed by atoms with E-state index in [2.05, 4.69) is 46.3 Å². The van der Waals surface area contributed by atoms with Crippen LogP contribution in [0.25, 0.3) is 0 Å². The highest BCUT2D eigenvalue weighted by Crippen LogP contribution is 2.26. The molecule has 2 aromatic rings. The number of halogens is 2. The first-order chi connectivity index (χ1) is 12.5. The van der Waals surface area contributed by atoms with E-state index in [9.17, 15) is 0 Å². The average molecular weight is 408 g/mol. The summed E-state index contributed by atoms with van der Waals surface area (Å²) >= 11 is 18.2. The Bertz CT molecular complexity index is 726. The van der Waals surface area contributed by atoms with Crippen LogP contribution < -0.4 is 5.32 Å². The van der Waals surface area contributed by atoms with Crippen LogP contribution in [0.15, 0.2) is 48.5 Å². The predicted octanol–water partition coefficient (Wildman–Crippen LogP) is 4.75. The van der Waals surface area contributed by atoms with Crippen LogP contribution in [0.4, 0.5) is 0 Å². The molecule has 1 aliphatic rings. The molecular formula is C20H23Cl2N3S. The summed E-state index contributed by atoms with van der Waals surface area (Å²) in [5.41, 5.74) is 2.24. The zero-order chi connectivity index (χ0) is 18.5. The van der Waals surface area contributed by atoms with Crippen LogP contribution in [0.1, 0.15) is 24.1 Å². The Hall–Kier alpha value is -1.33. The maximum Gasteiger partial charge on any atom is 0.169 e. The van der Waals surface area contributed by atoms with Crippen LogP contribution >= 0.6 is 35.4 Å². The highest BCUT2D eigenvalue weighted by molar-refractivity contribution is 7.80. The van der Waals surface area contributed by atoms with Crippen molar-refractivity contribution in [3.05, 3.63) is 69.7 Å². The molecule has 1 atom stereocenters. The standard InChI is InChI=1S/C20H23Cl2N3S/c1-15(16-6-3-2-4-7-16)23-20(26)25-12-10-24(11-13-25)14-17-18(21)8-5-9-19(17)22/h2-9,15H,10-14H2,1H3,(H,23,26). The molecule has 0 spiro atoms. The molecule has 2 aromatic carbocycles. The number of thiocarbonyl (C=S) groups is 1. The maximum atomic E-state index is 6.29. The summed E-state index contributed by atoms with van der Waals surface area (Å²) < 4.78 is 0. The molecule has 0 bridgehead atoms. The highest BCUT2D eigenvalue weighted by atomic mass is 35.5. The van der Waals surface area contributed by atoms with Gasteiger partial charge < -0.3 is 10.2 Å². The largest absolute Gasteiger partial charge is 0.356 e. The van der Waals surface area contributed by atoms with Crippen molar-refractivity contribution < 1.29 is 0 Å². The van der Waals surface area contributed by atoms with Crippen molar-refractivity contribution >= 4 is 40.5 Å². The number of hydrogen-bond acceptors (Lipinski definition) is 2. The average Bonchev–Trinajstić information content (AvgIpc) is 2.66. The molecule has 1 saturated heterocycles. The maximum absolute atomic E-state index is 6.29. The Morgan fingerprint density at radius 3 is 2.23 bits per heavy atom. The molecule has 3 rings (SSSR count). The molecule has 6 heteroatoms. The van der Waals surface area contributed by atoms with Gasteiger partial charge in [-0.2, -0.15) is 0 Å². The van der Waals surface area contributed by atoms with Crippen LogP contribution in [0.2, 0.25) is 10.0 Å². The van der Waals surface area contributed by atoms with Gasteiger partial charge in [0.1, 0.15) is 0 Å². The summed E-state index contributed by atoms with van der Waals surface area (Å²) in [6, 6.07) is 16.2. The first-order valence-corrected chi connectivity index (χ1v) is 9.96. The third-order valence-corrected chi connectivity index (χ3v) is 5.83. The zero-order valence-electron chi connectivity index (χ0n) is 14.8. The zero-order valence-corrected chi connectivity index (χ0v) is 17.1. The van der Waals surface area contributed by atoms with Crippen LogP contribution in [0.3, 0.4) is 0 Å². The summed E-state index contributed by atoms with van der Waals surface area (Å²) in [5.74, 6) is 0. The van der Waals surface area contributed by atoms with Gasteiger partial charge in [0.2, 0.25) is 0 Å². The third kappa shape index (κ3) is 4.89. The topological polar surface area (TPSA) is 18.5 Å². The van der Waals surface area contributed by atoms with E-state index in [4.69, 9.17) is 35.4 Å². The summed E-state index contributed by atoms with van der Waals surface area (Å²) in [4.78, 5) is 4.60. The number of hydrogen-bond donors (Lipinski definition) is 1. The molecule has 1 heterocycles. The van der Waals surface area contributed by atoms with Crippen molar-refractivity contribution in [2.75, 3.05) is 26.2 Å². The first-order valence-electron chi connectivity index (χ1n) is 8.80. The predicted molar refractivity (Wildman–Crippen MR) is 114 cm³/mol. The van der Waals surface area contributed by atoms with Gasteiger partial charge in [-0.1, -0.05) is 59.6 Å². The van der Waals surface area contributed by atoms with E-state index in [1.54, 1.807) is 0 Å². The molecule has 1 unspecified atom stereocenters. The van der Waals surface area contributed by atoms with Gasteiger partial charge >= 0.3 is 0 Å². The van der Waals surface area contributed by atoms with E-state index in [0.717, 1.165) is 53.4 Å². The Labute approximate surface area is 170 Å². The van der Waals surface area contributed by atoms with Crippen molar-refractivity contribution in [1.82, 2.24) is 15.1 Å². The lowest BCUT2D eigenvalue weighted by Crippen LogP contribution is -2.51. The quantitative estimate of drug-likeness (QED) is 0.736. The minimum Gasteiger partial charge on any atom is -0.356 e. The van der Waals surface area contributed by atoms with Crippen molar-refractivity contribution in [3.63, 3.8) is 0 Å². The summed E-state index contributed by atoms with van der Waals surface area (Å²) in [7, 11) is 0. The van der Waals surface area contributed by atoms with Gasteiger partial charge in [0, 0.05) is 48.3 Å².